The highest BCUT2D eigenvalue weighted by atomic mass is 16.2. The van der Waals surface area contributed by atoms with E-state index in [1.165, 1.54) is 0 Å². The van der Waals surface area contributed by atoms with Gasteiger partial charge in [-0.05, 0) is 29.8 Å². The number of carbonyl (C=O) groups is 2. The van der Waals surface area contributed by atoms with Crippen molar-refractivity contribution >= 4 is 17.5 Å². The Morgan fingerprint density at radius 1 is 0.846 bits per heavy atom. The summed E-state index contributed by atoms with van der Waals surface area (Å²) in [5.41, 5.74) is 2.15. The van der Waals surface area contributed by atoms with Crippen LogP contribution < -0.4 is 5.32 Å². The number of para-hydroxylation sites is 1. The zero-order valence-electron chi connectivity index (χ0n) is 14.4. The molecule has 26 heavy (non-hydrogen) atoms. The maximum Gasteiger partial charge on any atom is 0.274 e. The van der Waals surface area contributed by atoms with Crippen LogP contribution >= 0.6 is 0 Å². The number of amides is 2. The molecule has 0 saturated carbocycles. The lowest BCUT2D eigenvalue weighted by Gasteiger charge is -2.17. The van der Waals surface area contributed by atoms with Crippen molar-refractivity contribution in [3.63, 3.8) is 0 Å². The minimum absolute atomic E-state index is 0.202. The fourth-order valence-corrected chi connectivity index (χ4v) is 2.52. The molecular formula is C21H19N3O2. The second kappa shape index (κ2) is 8.07. The first-order chi connectivity index (χ1) is 12.6. The number of nitrogens with zero attached hydrogens (tertiary/aromatic N) is 2. The molecule has 2 amide bonds. The Morgan fingerprint density at radius 2 is 1.46 bits per heavy atom. The summed E-state index contributed by atoms with van der Waals surface area (Å²) in [6.07, 6.45) is 0. The fraction of sp³-hybridized carbons (Fsp3) is 0.0952. The van der Waals surface area contributed by atoms with E-state index in [4.69, 9.17) is 0 Å². The van der Waals surface area contributed by atoms with E-state index in [9.17, 15) is 9.59 Å². The third-order valence-corrected chi connectivity index (χ3v) is 3.84. The molecule has 0 bridgehead atoms. The largest absolute Gasteiger partial charge is 0.336 e. The van der Waals surface area contributed by atoms with Crippen LogP contribution in [0.3, 0.4) is 0 Å². The number of hydrogen-bond donors (Lipinski definition) is 1. The summed E-state index contributed by atoms with van der Waals surface area (Å²) >= 11 is 0. The molecule has 0 aliphatic carbocycles. The van der Waals surface area contributed by atoms with Crippen molar-refractivity contribution in [3.8, 4) is 0 Å². The molecule has 5 heteroatoms. The SMILES string of the molecule is CN(Cc1ccccc1)C(=O)c1cccc(C(=O)Nc2ccccc2)n1. The Bertz CT molecular complexity index is 895. The topological polar surface area (TPSA) is 62.3 Å². The predicted molar refractivity (Wildman–Crippen MR) is 101 cm³/mol. The number of nitrogens with one attached hydrogen (secondary N) is 1. The zero-order chi connectivity index (χ0) is 18.4. The Kier molecular flexibility index (Phi) is 5.39. The van der Waals surface area contributed by atoms with Gasteiger partial charge in [0.05, 0.1) is 0 Å². The third kappa shape index (κ3) is 4.33. The van der Waals surface area contributed by atoms with E-state index in [1.54, 1.807) is 42.3 Å². The van der Waals surface area contributed by atoms with Crippen molar-refractivity contribution in [2.24, 2.45) is 0 Å². The lowest BCUT2D eigenvalue weighted by atomic mass is 10.2. The monoisotopic (exact) mass is 345 g/mol. The van der Waals surface area contributed by atoms with Crippen molar-refractivity contribution in [1.82, 2.24) is 9.88 Å². The van der Waals surface area contributed by atoms with Gasteiger partial charge in [-0.15, -0.1) is 0 Å². The van der Waals surface area contributed by atoms with Gasteiger partial charge in [0.25, 0.3) is 11.8 Å². The van der Waals surface area contributed by atoms with Crippen LogP contribution in [0.15, 0.2) is 78.9 Å². The molecule has 2 aromatic carbocycles. The summed E-state index contributed by atoms with van der Waals surface area (Å²) in [5, 5.41) is 2.77. The maximum atomic E-state index is 12.6. The summed E-state index contributed by atoms with van der Waals surface area (Å²) < 4.78 is 0. The minimum atomic E-state index is -0.350. The second-order valence-electron chi connectivity index (χ2n) is 5.88. The summed E-state index contributed by atoms with van der Waals surface area (Å²) in [5.74, 6) is -0.584. The fourth-order valence-electron chi connectivity index (χ4n) is 2.52. The number of rotatable bonds is 5. The van der Waals surface area contributed by atoms with E-state index in [-0.39, 0.29) is 23.2 Å². The first kappa shape index (κ1) is 17.4. The Labute approximate surface area is 152 Å². The van der Waals surface area contributed by atoms with Gasteiger partial charge in [0.2, 0.25) is 0 Å². The van der Waals surface area contributed by atoms with E-state index in [2.05, 4.69) is 10.3 Å². The Morgan fingerprint density at radius 3 is 2.15 bits per heavy atom. The molecule has 1 aromatic heterocycles. The number of carbonyl (C=O) groups excluding carboxylic acids is 2. The van der Waals surface area contributed by atoms with Crippen LogP contribution in [0.1, 0.15) is 26.5 Å². The van der Waals surface area contributed by atoms with Gasteiger partial charge in [0.1, 0.15) is 11.4 Å². The first-order valence-electron chi connectivity index (χ1n) is 8.26. The molecule has 0 radical (unpaired) electrons. The average molecular weight is 345 g/mol. The highest BCUT2D eigenvalue weighted by Gasteiger charge is 2.16. The summed E-state index contributed by atoms with van der Waals surface area (Å²) in [4.78, 5) is 30.8. The van der Waals surface area contributed by atoms with Gasteiger partial charge >= 0.3 is 0 Å². The molecular weight excluding hydrogens is 326 g/mol. The van der Waals surface area contributed by atoms with E-state index >= 15 is 0 Å². The standard InChI is InChI=1S/C21H19N3O2/c1-24(15-16-9-4-2-5-10-16)21(26)19-14-8-13-18(23-19)20(25)22-17-11-6-3-7-12-17/h2-14H,15H2,1H3,(H,22,25). The van der Waals surface area contributed by atoms with Crippen LogP contribution in [0.2, 0.25) is 0 Å². The van der Waals surface area contributed by atoms with Gasteiger partial charge in [0.15, 0.2) is 0 Å². The number of hydrogen-bond acceptors (Lipinski definition) is 3. The van der Waals surface area contributed by atoms with E-state index in [0.717, 1.165) is 5.56 Å². The molecule has 0 aliphatic rings. The van der Waals surface area contributed by atoms with Crippen molar-refractivity contribution in [1.29, 1.82) is 0 Å². The molecule has 0 fully saturated rings. The van der Waals surface area contributed by atoms with Crippen LogP contribution in [-0.2, 0) is 6.54 Å². The Balaban J connectivity index is 1.71. The molecule has 0 aliphatic heterocycles. The summed E-state index contributed by atoms with van der Waals surface area (Å²) in [6.45, 7) is 0.474. The molecule has 1 N–H and O–H groups in total. The first-order valence-corrected chi connectivity index (χ1v) is 8.26. The average Bonchev–Trinajstić information content (AvgIpc) is 2.69. The number of aromatic nitrogens is 1. The molecule has 3 aromatic rings. The van der Waals surface area contributed by atoms with E-state index < -0.39 is 0 Å². The van der Waals surface area contributed by atoms with Crippen molar-refractivity contribution in [3.05, 3.63) is 95.8 Å². The van der Waals surface area contributed by atoms with Crippen LogP contribution in [-0.4, -0.2) is 28.7 Å². The van der Waals surface area contributed by atoms with Crippen LogP contribution in [0, 0.1) is 0 Å². The third-order valence-electron chi connectivity index (χ3n) is 3.84. The molecule has 130 valence electrons. The zero-order valence-corrected chi connectivity index (χ0v) is 14.4. The number of anilines is 1. The predicted octanol–water partition coefficient (Wildman–Crippen LogP) is 3.61. The smallest absolute Gasteiger partial charge is 0.274 e. The van der Waals surface area contributed by atoms with E-state index in [1.807, 2.05) is 48.5 Å². The van der Waals surface area contributed by atoms with Crippen molar-refractivity contribution < 1.29 is 9.59 Å². The van der Waals surface area contributed by atoms with Gasteiger partial charge in [-0.25, -0.2) is 4.98 Å². The second-order valence-corrected chi connectivity index (χ2v) is 5.88. The molecule has 5 nitrogen and oxygen atoms in total. The molecule has 0 spiro atoms. The lowest BCUT2D eigenvalue weighted by molar-refractivity contribution is 0.0779. The minimum Gasteiger partial charge on any atom is -0.336 e. The Hall–Kier alpha value is -3.47. The number of benzene rings is 2. The van der Waals surface area contributed by atoms with Crippen molar-refractivity contribution in [2.75, 3.05) is 12.4 Å². The normalized spacial score (nSPS) is 10.2. The van der Waals surface area contributed by atoms with Gasteiger partial charge in [0, 0.05) is 19.3 Å². The molecule has 0 saturated heterocycles. The quantitative estimate of drug-likeness (QED) is 0.768. The van der Waals surface area contributed by atoms with E-state index in [0.29, 0.717) is 12.2 Å². The van der Waals surface area contributed by atoms with Gasteiger partial charge in [-0.3, -0.25) is 9.59 Å². The molecule has 1 heterocycles. The number of pyridine rings is 1. The summed E-state index contributed by atoms with van der Waals surface area (Å²) in [6, 6.07) is 23.7. The van der Waals surface area contributed by atoms with Gasteiger partial charge in [-0.1, -0.05) is 54.6 Å². The van der Waals surface area contributed by atoms with Crippen molar-refractivity contribution in [2.45, 2.75) is 6.54 Å². The highest BCUT2D eigenvalue weighted by Crippen LogP contribution is 2.10. The highest BCUT2D eigenvalue weighted by molar-refractivity contribution is 6.03. The molecule has 0 atom stereocenters. The van der Waals surface area contributed by atoms with Crippen LogP contribution in [0.5, 0.6) is 0 Å². The molecule has 3 rings (SSSR count). The van der Waals surface area contributed by atoms with Gasteiger partial charge < -0.3 is 10.2 Å². The van der Waals surface area contributed by atoms with Gasteiger partial charge in [-0.2, -0.15) is 0 Å². The maximum absolute atomic E-state index is 12.6. The lowest BCUT2D eigenvalue weighted by Crippen LogP contribution is -2.27. The van der Waals surface area contributed by atoms with Crippen LogP contribution in [0.25, 0.3) is 0 Å². The van der Waals surface area contributed by atoms with Crippen LogP contribution in [0.4, 0.5) is 5.69 Å². The molecule has 0 unspecified atom stereocenters. The summed E-state index contributed by atoms with van der Waals surface area (Å²) in [7, 11) is 1.72.